The number of hydrogen-bond donors (Lipinski definition) is 1. The van der Waals surface area contributed by atoms with E-state index in [-0.39, 0.29) is 4.90 Å². The number of halogens is 1. The number of pyridine rings is 1. The van der Waals surface area contributed by atoms with Gasteiger partial charge in [-0.15, -0.1) is 0 Å². The molecular weight excluding hydrogens is 415 g/mol. The number of rotatable bonds is 4. The molecule has 0 aliphatic heterocycles. The highest BCUT2D eigenvalue weighted by Crippen LogP contribution is 2.39. The molecule has 0 spiro atoms. The predicted octanol–water partition coefficient (Wildman–Crippen LogP) is 3.75. The van der Waals surface area contributed by atoms with Crippen molar-refractivity contribution in [3.63, 3.8) is 0 Å². The zero-order valence-electron chi connectivity index (χ0n) is 19.2. The minimum atomic E-state index is -1.51. The lowest BCUT2D eigenvalue weighted by Gasteiger charge is -2.30. The molecular formula is C20H29FN2O8. The minimum Gasteiger partial charge on any atom is -0.492 e. The molecule has 10 nitrogen and oxygen atoms in total. The van der Waals surface area contributed by atoms with Gasteiger partial charge in [-0.3, -0.25) is 0 Å². The summed E-state index contributed by atoms with van der Waals surface area (Å²) in [5, 5.41) is 9.96. The van der Waals surface area contributed by atoms with Gasteiger partial charge in [0.2, 0.25) is 0 Å². The summed E-state index contributed by atoms with van der Waals surface area (Å²) in [6.45, 7) is 10.4. The number of ether oxygens (including phenoxy) is 4. The molecule has 0 saturated carbocycles. The van der Waals surface area contributed by atoms with Crippen LogP contribution >= 0.6 is 0 Å². The lowest BCUT2D eigenvalue weighted by Crippen LogP contribution is -2.44. The molecule has 0 aromatic carbocycles. The minimum absolute atomic E-state index is 0.255. The van der Waals surface area contributed by atoms with Gasteiger partial charge in [0.15, 0.2) is 17.3 Å². The first-order chi connectivity index (χ1) is 14.0. The monoisotopic (exact) mass is 444 g/mol. The van der Waals surface area contributed by atoms with E-state index in [0.717, 1.165) is 14.2 Å². The summed E-state index contributed by atoms with van der Waals surface area (Å²) >= 11 is 0. The van der Waals surface area contributed by atoms with Gasteiger partial charge in [0, 0.05) is 0 Å². The molecule has 2 amide bonds. The van der Waals surface area contributed by atoms with Gasteiger partial charge >= 0.3 is 18.2 Å². The Labute approximate surface area is 180 Å². The highest BCUT2D eigenvalue weighted by molar-refractivity contribution is 6.12. The second-order valence-corrected chi connectivity index (χ2v) is 8.51. The Morgan fingerprint density at radius 2 is 1.45 bits per heavy atom. The van der Waals surface area contributed by atoms with Crippen LogP contribution in [-0.2, 0) is 14.2 Å². The summed E-state index contributed by atoms with van der Waals surface area (Å²) in [4.78, 5) is 42.1. The second kappa shape index (κ2) is 9.46. The summed E-state index contributed by atoms with van der Waals surface area (Å²) in [5.41, 5.74) is -4.11. The topological polar surface area (TPSA) is 124 Å². The molecule has 1 heterocycles. The van der Waals surface area contributed by atoms with Crippen molar-refractivity contribution < 1.29 is 42.8 Å². The zero-order valence-corrected chi connectivity index (χ0v) is 19.2. The average Bonchev–Trinajstić information content (AvgIpc) is 2.58. The molecule has 1 N–H and O–H groups in total. The molecule has 1 unspecified atom stereocenters. The van der Waals surface area contributed by atoms with E-state index >= 15 is 4.39 Å². The first-order valence-electron chi connectivity index (χ1n) is 9.33. The Kier molecular flexibility index (Phi) is 7.96. The van der Waals surface area contributed by atoms with Crippen molar-refractivity contribution in [1.29, 1.82) is 0 Å². The van der Waals surface area contributed by atoms with Crippen molar-refractivity contribution in [2.45, 2.75) is 65.8 Å². The molecule has 0 radical (unpaired) electrons. The predicted molar refractivity (Wildman–Crippen MR) is 108 cm³/mol. The van der Waals surface area contributed by atoms with E-state index in [1.807, 2.05) is 0 Å². The van der Waals surface area contributed by atoms with Crippen LogP contribution in [0.4, 0.5) is 19.7 Å². The van der Waals surface area contributed by atoms with Crippen LogP contribution in [0.1, 0.15) is 70.8 Å². The quantitative estimate of drug-likeness (QED) is 0.546. The van der Waals surface area contributed by atoms with Crippen LogP contribution in [0.5, 0.6) is 5.75 Å². The molecule has 0 aliphatic rings. The third-order valence-corrected chi connectivity index (χ3v) is 3.45. The largest absolute Gasteiger partial charge is 0.492 e. The van der Waals surface area contributed by atoms with Crippen molar-refractivity contribution in [3.05, 3.63) is 17.2 Å². The normalized spacial score (nSPS) is 12.6. The van der Waals surface area contributed by atoms with Crippen LogP contribution < -0.4 is 9.64 Å². The maximum absolute atomic E-state index is 15.4. The Bertz CT molecular complexity index is 828. The summed E-state index contributed by atoms with van der Waals surface area (Å²) in [6, 6.07) is 0. The number of nitrogens with zero attached hydrogens (tertiary/aromatic N) is 2. The van der Waals surface area contributed by atoms with Crippen molar-refractivity contribution in [3.8, 4) is 5.75 Å². The van der Waals surface area contributed by atoms with Crippen molar-refractivity contribution in [2.75, 3.05) is 19.1 Å². The zero-order chi connectivity index (χ0) is 24.3. The Hall–Kier alpha value is -2.95. The van der Waals surface area contributed by atoms with Gasteiger partial charge in [-0.1, -0.05) is 0 Å². The second-order valence-electron chi connectivity index (χ2n) is 8.51. The highest BCUT2D eigenvalue weighted by atomic mass is 19.1. The number of esters is 1. The lowest BCUT2D eigenvalue weighted by molar-refractivity contribution is 0.0423. The number of aliphatic hydroxyl groups is 1. The Morgan fingerprint density at radius 3 is 1.77 bits per heavy atom. The molecule has 0 aliphatic carbocycles. The molecule has 1 atom stereocenters. The van der Waals surface area contributed by atoms with Gasteiger partial charge < -0.3 is 24.1 Å². The summed E-state index contributed by atoms with van der Waals surface area (Å²) in [7, 11) is 2.13. The van der Waals surface area contributed by atoms with Crippen molar-refractivity contribution in [2.24, 2.45) is 0 Å². The van der Waals surface area contributed by atoms with Gasteiger partial charge in [0.1, 0.15) is 22.6 Å². The number of imide groups is 1. The highest BCUT2D eigenvalue weighted by Gasteiger charge is 2.40. The third-order valence-electron chi connectivity index (χ3n) is 3.45. The van der Waals surface area contributed by atoms with Gasteiger partial charge in [0.25, 0.3) is 0 Å². The maximum atomic E-state index is 15.4. The van der Waals surface area contributed by atoms with E-state index in [1.54, 1.807) is 41.5 Å². The van der Waals surface area contributed by atoms with Crippen molar-refractivity contribution in [1.82, 2.24) is 4.98 Å². The molecule has 1 rings (SSSR count). The molecule has 0 bridgehead atoms. The van der Waals surface area contributed by atoms with Crippen LogP contribution in [0.2, 0.25) is 0 Å². The fourth-order valence-electron chi connectivity index (χ4n) is 2.33. The first kappa shape index (κ1) is 26.1. The van der Waals surface area contributed by atoms with Gasteiger partial charge in [0.05, 0.1) is 20.3 Å². The lowest BCUT2D eigenvalue weighted by atomic mass is 10.1. The number of amides is 2. The summed E-state index contributed by atoms with van der Waals surface area (Å²) in [6.07, 6.45) is -4.10. The fraction of sp³-hybridized carbons (Fsp3) is 0.600. The molecule has 11 heteroatoms. The van der Waals surface area contributed by atoms with Crippen LogP contribution in [-0.4, -0.2) is 53.7 Å². The van der Waals surface area contributed by atoms with Crippen LogP contribution in [0, 0.1) is 5.82 Å². The molecule has 31 heavy (non-hydrogen) atoms. The smallest absolute Gasteiger partial charge is 0.424 e. The number of aromatic nitrogens is 1. The van der Waals surface area contributed by atoms with Gasteiger partial charge in [-0.2, -0.15) is 4.90 Å². The fourth-order valence-corrected chi connectivity index (χ4v) is 2.33. The van der Waals surface area contributed by atoms with Crippen LogP contribution in [0.15, 0.2) is 0 Å². The van der Waals surface area contributed by atoms with Gasteiger partial charge in [-0.25, -0.2) is 23.8 Å². The van der Waals surface area contributed by atoms with Crippen molar-refractivity contribution >= 4 is 23.8 Å². The van der Waals surface area contributed by atoms with E-state index in [0.29, 0.717) is 0 Å². The van der Waals surface area contributed by atoms with E-state index in [4.69, 9.17) is 14.2 Å². The number of hydrogen-bond acceptors (Lipinski definition) is 9. The molecule has 0 fully saturated rings. The van der Waals surface area contributed by atoms with E-state index in [2.05, 4.69) is 9.72 Å². The van der Waals surface area contributed by atoms with E-state index in [1.165, 1.54) is 6.92 Å². The standard InChI is InChI=1S/C20H29FN2O8/c1-10(24)12-11(21)14(15(28-8)13(22-12)16(25)29-9)23(17(26)30-19(2,3)4)18(27)31-20(5,6)7/h10,24H,1-9H3. The maximum Gasteiger partial charge on any atom is 0.424 e. The number of aliphatic hydroxyl groups excluding tert-OH is 1. The van der Waals surface area contributed by atoms with E-state index in [9.17, 15) is 19.5 Å². The molecule has 174 valence electrons. The number of carbonyl (C=O) groups excluding carboxylic acids is 3. The van der Waals surface area contributed by atoms with Crippen LogP contribution in [0.3, 0.4) is 0 Å². The van der Waals surface area contributed by atoms with E-state index < -0.39 is 64.1 Å². The Balaban J connectivity index is 3.94. The van der Waals surface area contributed by atoms with Gasteiger partial charge in [-0.05, 0) is 48.5 Å². The molecule has 0 saturated heterocycles. The number of carbonyl (C=O) groups is 3. The summed E-state index contributed by atoms with van der Waals surface area (Å²) < 4.78 is 35.7. The Morgan fingerprint density at radius 1 is 1.00 bits per heavy atom. The van der Waals surface area contributed by atoms with Crippen LogP contribution in [0.25, 0.3) is 0 Å². The SMILES string of the molecule is COC(=O)c1nc(C(C)O)c(F)c(N(C(=O)OC(C)(C)C)C(=O)OC(C)(C)C)c1OC. The number of anilines is 1. The third kappa shape index (κ3) is 6.51. The summed E-state index contributed by atoms with van der Waals surface area (Å²) in [5.74, 6) is -2.91. The number of methoxy groups -OCH3 is 2. The average molecular weight is 444 g/mol. The molecule has 1 aromatic heterocycles. The first-order valence-corrected chi connectivity index (χ1v) is 9.33. The molecule has 1 aromatic rings.